The first-order valence-electron chi connectivity index (χ1n) is 5.88. The first-order valence-corrected chi connectivity index (χ1v) is 5.88. The third-order valence-corrected chi connectivity index (χ3v) is 3.34. The average molecular weight is 228 g/mol. The molecule has 3 atom stereocenters. The van der Waals surface area contributed by atoms with Crippen LogP contribution < -0.4 is 5.73 Å². The van der Waals surface area contributed by atoms with Crippen molar-refractivity contribution >= 4 is 5.97 Å². The smallest absolute Gasteiger partial charge is 0.303 e. The minimum Gasteiger partial charge on any atom is -0.481 e. The molecule has 1 aliphatic heterocycles. The molecule has 1 aliphatic rings. The zero-order valence-corrected chi connectivity index (χ0v) is 10.7. The third kappa shape index (κ3) is 3.46. The van der Waals surface area contributed by atoms with Crippen LogP contribution in [0.2, 0.25) is 0 Å². The highest BCUT2D eigenvalue weighted by Crippen LogP contribution is 2.32. The Morgan fingerprint density at radius 3 is 2.50 bits per heavy atom. The van der Waals surface area contributed by atoms with Crippen LogP contribution in [0, 0.1) is 11.3 Å². The monoisotopic (exact) mass is 228 g/mol. The fraction of sp³-hybridized carbons (Fsp3) is 0.917. The number of hydrogen-bond acceptors (Lipinski definition) is 3. The number of likely N-dealkylation sites (tertiary alicyclic amines) is 1. The van der Waals surface area contributed by atoms with Gasteiger partial charge >= 0.3 is 5.97 Å². The maximum Gasteiger partial charge on any atom is 0.303 e. The van der Waals surface area contributed by atoms with Gasteiger partial charge < -0.3 is 15.7 Å². The Morgan fingerprint density at radius 1 is 1.50 bits per heavy atom. The second-order valence-electron chi connectivity index (χ2n) is 6.21. The maximum atomic E-state index is 10.7. The Morgan fingerprint density at radius 2 is 2.06 bits per heavy atom. The molecule has 0 saturated carbocycles. The molecular formula is C12H24N2O2. The molecule has 3 unspecified atom stereocenters. The molecule has 0 aromatic carbocycles. The molecule has 1 rings (SSSR count). The predicted octanol–water partition coefficient (Wildman–Crippen LogP) is 1.15. The molecule has 1 fully saturated rings. The molecule has 0 bridgehead atoms. The van der Waals surface area contributed by atoms with Gasteiger partial charge in [0.1, 0.15) is 0 Å². The van der Waals surface area contributed by atoms with Crippen molar-refractivity contribution in [2.45, 2.75) is 45.7 Å². The summed E-state index contributed by atoms with van der Waals surface area (Å²) in [6, 6.07) is 0.296. The van der Waals surface area contributed by atoms with Crippen molar-refractivity contribution in [2.75, 3.05) is 13.6 Å². The first-order chi connectivity index (χ1) is 7.20. The minimum absolute atomic E-state index is 0.0136. The van der Waals surface area contributed by atoms with Gasteiger partial charge in [-0.1, -0.05) is 20.8 Å². The minimum atomic E-state index is -0.745. The molecule has 94 valence electrons. The van der Waals surface area contributed by atoms with Crippen molar-refractivity contribution in [1.29, 1.82) is 0 Å². The number of nitrogens with two attached hydrogens (primary N) is 1. The number of nitrogens with zero attached hydrogens (tertiary/aromatic N) is 1. The zero-order valence-electron chi connectivity index (χ0n) is 10.7. The van der Waals surface area contributed by atoms with Crippen molar-refractivity contribution in [3.8, 4) is 0 Å². The summed E-state index contributed by atoms with van der Waals surface area (Å²) in [7, 11) is 2.04. The van der Waals surface area contributed by atoms with E-state index in [0.29, 0.717) is 6.04 Å². The normalized spacial score (nSPS) is 31.9. The topological polar surface area (TPSA) is 66.6 Å². The summed E-state index contributed by atoms with van der Waals surface area (Å²) in [4.78, 5) is 12.9. The van der Waals surface area contributed by atoms with Gasteiger partial charge in [-0.25, -0.2) is 0 Å². The maximum absolute atomic E-state index is 10.7. The number of hydrogen-bond donors (Lipinski definition) is 2. The van der Waals surface area contributed by atoms with Crippen molar-refractivity contribution in [1.82, 2.24) is 4.90 Å². The van der Waals surface area contributed by atoms with E-state index in [4.69, 9.17) is 10.8 Å². The van der Waals surface area contributed by atoms with Crippen LogP contribution in [0.5, 0.6) is 0 Å². The second-order valence-corrected chi connectivity index (χ2v) is 6.21. The lowest BCUT2D eigenvalue weighted by atomic mass is 9.84. The Hall–Kier alpha value is -0.610. The quantitative estimate of drug-likeness (QED) is 0.760. The third-order valence-electron chi connectivity index (χ3n) is 3.34. The van der Waals surface area contributed by atoms with Crippen LogP contribution in [0.1, 0.15) is 33.6 Å². The lowest BCUT2D eigenvalue weighted by Crippen LogP contribution is -2.42. The molecule has 16 heavy (non-hydrogen) atoms. The lowest BCUT2D eigenvalue weighted by molar-refractivity contribution is -0.138. The Kier molecular flexibility index (Phi) is 3.97. The van der Waals surface area contributed by atoms with E-state index in [1.165, 1.54) is 0 Å². The van der Waals surface area contributed by atoms with Crippen molar-refractivity contribution in [3.05, 3.63) is 0 Å². The molecule has 1 heterocycles. The Balaban J connectivity index is 2.63. The fourth-order valence-electron chi connectivity index (χ4n) is 2.58. The van der Waals surface area contributed by atoms with Gasteiger partial charge in [0, 0.05) is 18.6 Å². The van der Waals surface area contributed by atoms with Gasteiger partial charge in [0.2, 0.25) is 0 Å². The van der Waals surface area contributed by atoms with Crippen molar-refractivity contribution in [3.63, 3.8) is 0 Å². The SMILES string of the molecule is CN1CC(CC(=O)O)C(N)C1CC(C)(C)C. The summed E-state index contributed by atoms with van der Waals surface area (Å²) in [5.41, 5.74) is 6.39. The number of carbonyl (C=O) groups is 1. The summed E-state index contributed by atoms with van der Waals surface area (Å²) >= 11 is 0. The summed E-state index contributed by atoms with van der Waals surface area (Å²) in [5, 5.41) is 8.82. The van der Waals surface area contributed by atoms with Crippen LogP contribution in [0.3, 0.4) is 0 Å². The molecular weight excluding hydrogens is 204 g/mol. The van der Waals surface area contributed by atoms with Crippen molar-refractivity contribution < 1.29 is 9.90 Å². The number of carboxylic acids is 1. The summed E-state index contributed by atoms with van der Waals surface area (Å²) in [6.07, 6.45) is 1.20. The van der Waals surface area contributed by atoms with Gasteiger partial charge in [-0.3, -0.25) is 4.79 Å². The van der Waals surface area contributed by atoms with E-state index < -0.39 is 5.97 Å². The van der Waals surface area contributed by atoms with Crippen molar-refractivity contribution in [2.24, 2.45) is 17.1 Å². The number of carboxylic acid groups (broad SMARTS) is 1. The van der Waals surface area contributed by atoms with E-state index in [0.717, 1.165) is 13.0 Å². The van der Waals surface area contributed by atoms with Crippen LogP contribution in [-0.2, 0) is 4.79 Å². The molecule has 0 aromatic heterocycles. The van der Waals surface area contributed by atoms with E-state index in [1.54, 1.807) is 0 Å². The van der Waals surface area contributed by atoms with Gasteiger partial charge in [0.25, 0.3) is 0 Å². The van der Waals surface area contributed by atoms with E-state index in [9.17, 15) is 4.79 Å². The van der Waals surface area contributed by atoms with Crippen LogP contribution in [0.15, 0.2) is 0 Å². The zero-order chi connectivity index (χ0) is 12.5. The van der Waals surface area contributed by atoms with E-state index in [2.05, 4.69) is 25.7 Å². The Bertz CT molecular complexity index is 260. The van der Waals surface area contributed by atoms with E-state index in [1.807, 2.05) is 7.05 Å². The molecule has 0 amide bonds. The Labute approximate surface area is 97.8 Å². The molecule has 0 spiro atoms. The average Bonchev–Trinajstić information content (AvgIpc) is 2.29. The van der Waals surface area contributed by atoms with Gasteiger partial charge in [0.15, 0.2) is 0 Å². The van der Waals surface area contributed by atoms with E-state index in [-0.39, 0.29) is 23.8 Å². The van der Waals surface area contributed by atoms with Crippen LogP contribution in [0.25, 0.3) is 0 Å². The van der Waals surface area contributed by atoms with Crippen LogP contribution in [0.4, 0.5) is 0 Å². The number of aliphatic carboxylic acids is 1. The van der Waals surface area contributed by atoms with Crippen LogP contribution in [-0.4, -0.2) is 41.7 Å². The highest BCUT2D eigenvalue weighted by Gasteiger charge is 2.39. The van der Waals surface area contributed by atoms with Gasteiger partial charge in [0.05, 0.1) is 6.42 Å². The molecule has 0 radical (unpaired) electrons. The number of rotatable bonds is 3. The highest BCUT2D eigenvalue weighted by atomic mass is 16.4. The fourth-order valence-corrected chi connectivity index (χ4v) is 2.58. The largest absolute Gasteiger partial charge is 0.481 e. The lowest BCUT2D eigenvalue weighted by Gasteiger charge is -2.30. The molecule has 1 saturated heterocycles. The standard InChI is InChI=1S/C12H24N2O2/c1-12(2,3)6-9-11(13)8(5-10(15)16)7-14(9)4/h8-9,11H,5-7,13H2,1-4H3,(H,15,16). The molecule has 4 heteroatoms. The van der Waals surface area contributed by atoms with Crippen LogP contribution >= 0.6 is 0 Å². The molecule has 4 nitrogen and oxygen atoms in total. The second kappa shape index (κ2) is 4.72. The van der Waals surface area contributed by atoms with Gasteiger partial charge in [-0.05, 0) is 24.8 Å². The molecule has 0 aromatic rings. The molecule has 3 N–H and O–H groups in total. The predicted molar refractivity (Wildman–Crippen MR) is 64.2 cm³/mol. The summed E-state index contributed by atoms with van der Waals surface area (Å²) in [5.74, 6) is -0.653. The summed E-state index contributed by atoms with van der Waals surface area (Å²) < 4.78 is 0. The first kappa shape index (κ1) is 13.5. The molecule has 0 aliphatic carbocycles. The summed E-state index contributed by atoms with van der Waals surface area (Å²) in [6.45, 7) is 7.38. The van der Waals surface area contributed by atoms with Gasteiger partial charge in [-0.15, -0.1) is 0 Å². The number of likely N-dealkylation sites (N-methyl/N-ethyl adjacent to an activating group) is 1. The highest BCUT2D eigenvalue weighted by molar-refractivity contribution is 5.67. The van der Waals surface area contributed by atoms with E-state index >= 15 is 0 Å². The van der Waals surface area contributed by atoms with Gasteiger partial charge in [-0.2, -0.15) is 0 Å².